The molecule has 1 atom stereocenters. The van der Waals surface area contributed by atoms with Crippen molar-refractivity contribution in [3.8, 4) is 0 Å². The molecule has 1 aliphatic rings. The van der Waals surface area contributed by atoms with Gasteiger partial charge in [-0.25, -0.2) is 4.98 Å². The molecule has 0 saturated carbocycles. The highest BCUT2D eigenvalue weighted by atomic mass is 16.5. The minimum atomic E-state index is -0.0271. The van der Waals surface area contributed by atoms with Gasteiger partial charge in [-0.15, -0.1) is 0 Å². The van der Waals surface area contributed by atoms with Crippen molar-refractivity contribution in [2.45, 2.75) is 39.0 Å². The van der Waals surface area contributed by atoms with Crippen molar-refractivity contribution in [1.29, 1.82) is 0 Å². The van der Waals surface area contributed by atoms with Gasteiger partial charge in [0.25, 0.3) is 5.91 Å². The van der Waals surface area contributed by atoms with E-state index in [4.69, 9.17) is 4.52 Å². The Bertz CT molecular complexity index is 913. The number of hydrogen-bond acceptors (Lipinski definition) is 5. The highest BCUT2D eigenvalue weighted by Gasteiger charge is 2.30. The van der Waals surface area contributed by atoms with Gasteiger partial charge in [0, 0.05) is 31.6 Å². The lowest BCUT2D eigenvalue weighted by molar-refractivity contribution is 0.0700. The van der Waals surface area contributed by atoms with Gasteiger partial charge in [-0.1, -0.05) is 18.1 Å². The Morgan fingerprint density at radius 3 is 3.04 bits per heavy atom. The van der Waals surface area contributed by atoms with Gasteiger partial charge in [0.1, 0.15) is 5.82 Å². The average molecular weight is 339 g/mol. The van der Waals surface area contributed by atoms with Crippen molar-refractivity contribution < 1.29 is 9.32 Å². The predicted molar refractivity (Wildman–Crippen MR) is 91.5 cm³/mol. The fourth-order valence-corrected chi connectivity index (χ4v) is 3.45. The Morgan fingerprint density at radius 1 is 1.36 bits per heavy atom. The van der Waals surface area contributed by atoms with Crippen LogP contribution in [0, 0.1) is 6.92 Å². The zero-order chi connectivity index (χ0) is 17.4. The van der Waals surface area contributed by atoms with Crippen molar-refractivity contribution in [2.24, 2.45) is 0 Å². The second kappa shape index (κ2) is 6.31. The highest BCUT2D eigenvalue weighted by Crippen LogP contribution is 2.26. The first-order valence-corrected chi connectivity index (χ1v) is 8.72. The van der Waals surface area contributed by atoms with E-state index >= 15 is 0 Å². The maximum atomic E-state index is 13.1. The van der Waals surface area contributed by atoms with Crippen molar-refractivity contribution in [3.05, 3.63) is 47.6 Å². The average Bonchev–Trinajstić information content (AvgIpc) is 3.27. The van der Waals surface area contributed by atoms with Crippen LogP contribution in [0.2, 0.25) is 0 Å². The Kier molecular flexibility index (Phi) is 3.99. The number of hydrogen-bond donors (Lipinski definition) is 0. The van der Waals surface area contributed by atoms with Crippen molar-refractivity contribution >= 4 is 11.4 Å². The summed E-state index contributed by atoms with van der Waals surface area (Å²) in [6, 6.07) is 5.80. The van der Waals surface area contributed by atoms with E-state index in [1.54, 1.807) is 0 Å². The van der Waals surface area contributed by atoms with Crippen LogP contribution in [0.1, 0.15) is 53.7 Å². The first-order chi connectivity index (χ1) is 12.2. The zero-order valence-electron chi connectivity index (χ0n) is 14.5. The molecule has 0 aliphatic carbocycles. The molecule has 1 saturated heterocycles. The number of likely N-dealkylation sites (tertiary alicyclic amines) is 1. The summed E-state index contributed by atoms with van der Waals surface area (Å²) in [6.45, 7) is 5.24. The first kappa shape index (κ1) is 15.8. The molecule has 3 aromatic rings. The number of carbonyl (C=O) groups is 1. The number of aromatic nitrogens is 4. The topological polar surface area (TPSA) is 76.5 Å². The van der Waals surface area contributed by atoms with E-state index in [0.29, 0.717) is 24.0 Å². The van der Waals surface area contributed by atoms with E-state index in [1.807, 2.05) is 47.5 Å². The molecule has 0 radical (unpaired) electrons. The van der Waals surface area contributed by atoms with Crippen LogP contribution in [-0.2, 0) is 6.42 Å². The van der Waals surface area contributed by atoms with E-state index in [1.165, 1.54) is 0 Å². The monoisotopic (exact) mass is 339 g/mol. The number of amides is 1. The van der Waals surface area contributed by atoms with Crippen LogP contribution in [0.25, 0.3) is 5.52 Å². The van der Waals surface area contributed by atoms with Gasteiger partial charge in [0.2, 0.25) is 5.89 Å². The SMILES string of the molecule is CCc1nc(C2CCCN(C(=O)c3nc(C)n4ccccc34)C2)no1. The van der Waals surface area contributed by atoms with Crippen LogP contribution in [0.4, 0.5) is 0 Å². The van der Waals surface area contributed by atoms with Crippen LogP contribution < -0.4 is 0 Å². The summed E-state index contributed by atoms with van der Waals surface area (Å²) in [5.41, 5.74) is 1.36. The molecule has 1 aliphatic heterocycles. The summed E-state index contributed by atoms with van der Waals surface area (Å²) in [5, 5.41) is 4.09. The van der Waals surface area contributed by atoms with Gasteiger partial charge in [-0.2, -0.15) is 4.98 Å². The van der Waals surface area contributed by atoms with E-state index in [-0.39, 0.29) is 11.8 Å². The maximum absolute atomic E-state index is 13.1. The van der Waals surface area contributed by atoms with Crippen molar-refractivity contribution in [3.63, 3.8) is 0 Å². The Morgan fingerprint density at radius 2 is 2.24 bits per heavy atom. The van der Waals surface area contributed by atoms with Crippen LogP contribution >= 0.6 is 0 Å². The van der Waals surface area contributed by atoms with E-state index in [9.17, 15) is 4.79 Å². The molecule has 0 N–H and O–H groups in total. The molecular formula is C18H21N5O2. The summed E-state index contributed by atoms with van der Waals surface area (Å²) in [5.74, 6) is 2.27. The fraction of sp³-hybridized carbons (Fsp3) is 0.444. The summed E-state index contributed by atoms with van der Waals surface area (Å²) in [7, 11) is 0. The van der Waals surface area contributed by atoms with Gasteiger partial charge in [0.05, 0.1) is 5.52 Å². The molecule has 1 fully saturated rings. The molecule has 7 heteroatoms. The zero-order valence-corrected chi connectivity index (χ0v) is 14.5. The third kappa shape index (κ3) is 2.79. The maximum Gasteiger partial charge on any atom is 0.274 e. The van der Waals surface area contributed by atoms with Gasteiger partial charge in [-0.05, 0) is 31.9 Å². The molecular weight excluding hydrogens is 318 g/mol. The molecule has 130 valence electrons. The molecule has 4 heterocycles. The summed E-state index contributed by atoms with van der Waals surface area (Å²) >= 11 is 0. The minimum Gasteiger partial charge on any atom is -0.339 e. The first-order valence-electron chi connectivity index (χ1n) is 8.72. The Labute approximate surface area is 145 Å². The third-order valence-electron chi connectivity index (χ3n) is 4.79. The smallest absolute Gasteiger partial charge is 0.274 e. The number of imidazole rings is 1. The predicted octanol–water partition coefficient (Wildman–Crippen LogP) is 2.61. The third-order valence-corrected chi connectivity index (χ3v) is 4.79. The van der Waals surface area contributed by atoms with E-state index in [0.717, 1.165) is 37.1 Å². The standard InChI is InChI=1S/C18H21N5O2/c1-3-15-20-17(21-25-15)13-7-6-9-22(11-13)18(24)16-14-8-4-5-10-23(14)12(2)19-16/h4-5,8,10,13H,3,6-7,9,11H2,1-2H3. The molecule has 4 rings (SSSR count). The number of fused-ring (bicyclic) bond motifs is 1. The van der Waals surface area contributed by atoms with Crippen LogP contribution in [0.5, 0.6) is 0 Å². The minimum absolute atomic E-state index is 0.0271. The summed E-state index contributed by atoms with van der Waals surface area (Å²) in [6.07, 6.45) is 4.55. The van der Waals surface area contributed by atoms with Crippen LogP contribution in [-0.4, -0.2) is 43.4 Å². The second-order valence-electron chi connectivity index (χ2n) is 6.45. The number of aryl methyl sites for hydroxylation is 2. The number of carbonyl (C=O) groups excluding carboxylic acids is 1. The summed E-state index contributed by atoms with van der Waals surface area (Å²) in [4.78, 5) is 23.9. The molecule has 3 aromatic heterocycles. The normalized spacial score (nSPS) is 18.0. The van der Waals surface area contributed by atoms with Crippen molar-refractivity contribution in [2.75, 3.05) is 13.1 Å². The van der Waals surface area contributed by atoms with Gasteiger partial charge in [0.15, 0.2) is 11.5 Å². The lowest BCUT2D eigenvalue weighted by Gasteiger charge is -2.30. The molecule has 1 amide bonds. The van der Waals surface area contributed by atoms with Crippen molar-refractivity contribution in [1.82, 2.24) is 24.4 Å². The Hall–Kier alpha value is -2.70. The Balaban J connectivity index is 1.59. The molecule has 0 spiro atoms. The van der Waals surface area contributed by atoms with E-state index in [2.05, 4.69) is 15.1 Å². The van der Waals surface area contributed by atoms with Gasteiger partial charge < -0.3 is 13.8 Å². The lowest BCUT2D eigenvalue weighted by atomic mass is 9.97. The number of rotatable bonds is 3. The summed E-state index contributed by atoms with van der Waals surface area (Å²) < 4.78 is 7.17. The molecule has 0 bridgehead atoms. The quantitative estimate of drug-likeness (QED) is 0.733. The molecule has 1 unspecified atom stereocenters. The van der Waals surface area contributed by atoms with Gasteiger partial charge in [-0.3, -0.25) is 4.79 Å². The number of pyridine rings is 1. The second-order valence-corrected chi connectivity index (χ2v) is 6.45. The molecule has 25 heavy (non-hydrogen) atoms. The lowest BCUT2D eigenvalue weighted by Crippen LogP contribution is -2.39. The number of nitrogens with zero attached hydrogens (tertiary/aromatic N) is 5. The molecule has 0 aromatic carbocycles. The van der Waals surface area contributed by atoms with E-state index < -0.39 is 0 Å². The fourth-order valence-electron chi connectivity index (χ4n) is 3.45. The molecule has 7 nitrogen and oxygen atoms in total. The van der Waals surface area contributed by atoms with Crippen LogP contribution in [0.3, 0.4) is 0 Å². The highest BCUT2D eigenvalue weighted by molar-refractivity contribution is 5.99. The van der Waals surface area contributed by atoms with Crippen LogP contribution in [0.15, 0.2) is 28.9 Å². The number of piperidine rings is 1. The van der Waals surface area contributed by atoms with Gasteiger partial charge >= 0.3 is 0 Å². The largest absolute Gasteiger partial charge is 0.339 e.